The number of amides is 2. The largest absolute Gasteiger partial charge is 0.497 e. The standard InChI is InChI=1S/2C15H12BrFN2O2.2H2O/c2*1-21-12-6-7-14(16)13(8-12)15(20)19-18-9-10-2-4-11(17)5-3-10;;/h2*2-9H,1H3,(H,19,20);2*1H2/b2*18-9+;;. The summed E-state index contributed by atoms with van der Waals surface area (Å²) in [5.41, 5.74) is 6.99. The number of nitrogens with zero attached hydrogens (tertiary/aromatic N) is 2. The molecule has 0 saturated heterocycles. The number of ether oxygens (including phenoxy) is 2. The summed E-state index contributed by atoms with van der Waals surface area (Å²) in [4.78, 5) is 24.0. The highest BCUT2D eigenvalue weighted by Crippen LogP contribution is 2.23. The zero-order chi connectivity index (χ0) is 30.5. The summed E-state index contributed by atoms with van der Waals surface area (Å²) in [5.74, 6) is -0.247. The topological polar surface area (TPSA) is 164 Å². The SMILES string of the molecule is COc1ccc(Br)c(C(=O)N/N=C/c2ccc(F)cc2)c1.COc1ccc(Br)c(C(=O)N/N=C/c2ccc(F)cc2)c1.O.O. The second-order valence-corrected chi connectivity index (χ2v) is 9.90. The molecule has 4 aromatic rings. The lowest BCUT2D eigenvalue weighted by atomic mass is 10.2. The van der Waals surface area contributed by atoms with Gasteiger partial charge in [-0.05, 0) is 104 Å². The molecule has 0 aliphatic carbocycles. The lowest BCUT2D eigenvalue weighted by molar-refractivity contribution is 0.0946. The van der Waals surface area contributed by atoms with E-state index in [0.29, 0.717) is 42.7 Å². The van der Waals surface area contributed by atoms with E-state index in [1.165, 1.54) is 50.9 Å². The van der Waals surface area contributed by atoms with Gasteiger partial charge in [0.1, 0.15) is 23.1 Å². The lowest BCUT2D eigenvalue weighted by Gasteiger charge is -2.05. The van der Waals surface area contributed by atoms with Crippen LogP contribution in [-0.2, 0) is 0 Å². The number of hydrazone groups is 2. The maximum Gasteiger partial charge on any atom is 0.272 e. The van der Waals surface area contributed by atoms with Gasteiger partial charge < -0.3 is 20.4 Å². The fourth-order valence-electron chi connectivity index (χ4n) is 3.16. The molecule has 0 bridgehead atoms. The highest BCUT2D eigenvalue weighted by molar-refractivity contribution is 9.10. The van der Waals surface area contributed by atoms with Crippen LogP contribution in [0.25, 0.3) is 0 Å². The van der Waals surface area contributed by atoms with Gasteiger partial charge in [0, 0.05) is 8.95 Å². The van der Waals surface area contributed by atoms with E-state index in [0.717, 1.165) is 0 Å². The Morgan fingerprint density at radius 3 is 1.30 bits per heavy atom. The highest BCUT2D eigenvalue weighted by Gasteiger charge is 2.11. The molecule has 14 heteroatoms. The fourth-order valence-corrected chi connectivity index (χ4v) is 4.01. The van der Waals surface area contributed by atoms with Gasteiger partial charge in [0.25, 0.3) is 11.8 Å². The van der Waals surface area contributed by atoms with Crippen LogP contribution in [0, 0.1) is 11.6 Å². The van der Waals surface area contributed by atoms with Crippen molar-refractivity contribution in [2.75, 3.05) is 14.2 Å². The molecule has 0 aliphatic heterocycles. The summed E-state index contributed by atoms with van der Waals surface area (Å²) in [6.07, 6.45) is 2.87. The first kappa shape index (κ1) is 37.5. The molecule has 0 spiro atoms. The van der Waals surface area contributed by atoms with Crippen LogP contribution in [0.4, 0.5) is 8.78 Å². The number of benzene rings is 4. The smallest absolute Gasteiger partial charge is 0.272 e. The Bertz CT molecular complexity index is 1470. The van der Waals surface area contributed by atoms with Crippen molar-refractivity contribution in [1.29, 1.82) is 0 Å². The molecule has 0 aliphatic rings. The van der Waals surface area contributed by atoms with Crippen LogP contribution >= 0.6 is 31.9 Å². The molecule has 0 heterocycles. The molecule has 0 radical (unpaired) electrons. The second-order valence-electron chi connectivity index (χ2n) is 8.19. The summed E-state index contributed by atoms with van der Waals surface area (Å²) in [7, 11) is 3.05. The van der Waals surface area contributed by atoms with E-state index in [1.54, 1.807) is 60.7 Å². The third-order valence-corrected chi connectivity index (χ3v) is 6.72. The number of hydrogen-bond donors (Lipinski definition) is 2. The third kappa shape index (κ3) is 11.6. The number of halogens is 4. The number of nitrogens with one attached hydrogen (secondary N) is 2. The van der Waals surface area contributed by atoms with E-state index in [9.17, 15) is 18.4 Å². The van der Waals surface area contributed by atoms with E-state index < -0.39 is 0 Å². The van der Waals surface area contributed by atoms with Gasteiger partial charge in [-0.25, -0.2) is 19.6 Å². The number of methoxy groups -OCH3 is 2. The van der Waals surface area contributed by atoms with E-state index in [-0.39, 0.29) is 34.4 Å². The van der Waals surface area contributed by atoms with Gasteiger partial charge in [0.05, 0.1) is 37.8 Å². The van der Waals surface area contributed by atoms with Crippen LogP contribution < -0.4 is 20.3 Å². The average molecular weight is 738 g/mol. The van der Waals surface area contributed by atoms with Crippen molar-refractivity contribution >= 4 is 56.1 Å². The maximum atomic E-state index is 12.7. The van der Waals surface area contributed by atoms with Crippen LogP contribution in [0.2, 0.25) is 0 Å². The van der Waals surface area contributed by atoms with Gasteiger partial charge in [0.15, 0.2) is 0 Å². The second kappa shape index (κ2) is 18.9. The monoisotopic (exact) mass is 736 g/mol. The molecule has 2 amide bonds. The molecule has 10 nitrogen and oxygen atoms in total. The first-order chi connectivity index (χ1) is 20.2. The highest BCUT2D eigenvalue weighted by atomic mass is 79.9. The first-order valence-electron chi connectivity index (χ1n) is 12.0. The van der Waals surface area contributed by atoms with Gasteiger partial charge in [-0.15, -0.1) is 0 Å². The minimum absolute atomic E-state index is 0. The van der Waals surface area contributed by atoms with Crippen LogP contribution in [0.1, 0.15) is 31.8 Å². The van der Waals surface area contributed by atoms with Crippen LogP contribution in [0.5, 0.6) is 11.5 Å². The minimum Gasteiger partial charge on any atom is -0.497 e. The van der Waals surface area contributed by atoms with Crippen molar-refractivity contribution in [2.45, 2.75) is 0 Å². The molecule has 0 unspecified atom stereocenters. The Kier molecular flexibility index (Phi) is 16.1. The Hall–Kier alpha value is -4.50. The molecular weight excluding hydrogens is 710 g/mol. The Morgan fingerprint density at radius 1 is 0.636 bits per heavy atom. The molecule has 0 fully saturated rings. The van der Waals surface area contributed by atoms with Crippen molar-refractivity contribution in [3.05, 3.63) is 128 Å². The predicted molar refractivity (Wildman–Crippen MR) is 172 cm³/mol. The normalized spacial score (nSPS) is 10.1. The van der Waals surface area contributed by atoms with Crippen LogP contribution in [0.15, 0.2) is 104 Å². The molecule has 6 N–H and O–H groups in total. The number of hydrogen-bond acceptors (Lipinski definition) is 6. The molecule has 4 rings (SSSR count). The molecule has 4 aromatic carbocycles. The summed E-state index contributed by atoms with van der Waals surface area (Å²) in [6, 6.07) is 21.7. The molecule has 44 heavy (non-hydrogen) atoms. The summed E-state index contributed by atoms with van der Waals surface area (Å²) in [5, 5.41) is 7.67. The number of rotatable bonds is 8. The number of carbonyl (C=O) groups excluding carboxylic acids is 2. The van der Waals surface area contributed by atoms with Crippen molar-refractivity contribution < 1.29 is 38.8 Å². The quantitative estimate of drug-likeness (QED) is 0.191. The molecular formula is C30H28Br2F2N4O6. The summed E-state index contributed by atoms with van der Waals surface area (Å²) >= 11 is 6.59. The average Bonchev–Trinajstić information content (AvgIpc) is 3.00. The van der Waals surface area contributed by atoms with Gasteiger partial charge in [-0.2, -0.15) is 10.2 Å². The molecule has 232 valence electrons. The predicted octanol–water partition coefficient (Wildman–Crippen LogP) is 5.07. The van der Waals surface area contributed by atoms with Crippen LogP contribution in [0.3, 0.4) is 0 Å². The lowest BCUT2D eigenvalue weighted by Crippen LogP contribution is -2.18. The summed E-state index contributed by atoms with van der Waals surface area (Å²) in [6.45, 7) is 0. The van der Waals surface area contributed by atoms with Crippen molar-refractivity contribution in [3.63, 3.8) is 0 Å². The van der Waals surface area contributed by atoms with E-state index in [2.05, 4.69) is 52.9 Å². The van der Waals surface area contributed by atoms with E-state index in [1.807, 2.05) is 0 Å². The fraction of sp³-hybridized carbons (Fsp3) is 0.0667. The zero-order valence-electron chi connectivity index (χ0n) is 23.3. The van der Waals surface area contributed by atoms with E-state index in [4.69, 9.17) is 9.47 Å². The van der Waals surface area contributed by atoms with Crippen LogP contribution in [-0.4, -0.2) is 49.4 Å². The van der Waals surface area contributed by atoms with Crippen molar-refractivity contribution in [1.82, 2.24) is 10.9 Å². The van der Waals surface area contributed by atoms with Gasteiger partial charge >= 0.3 is 0 Å². The van der Waals surface area contributed by atoms with Gasteiger partial charge in [-0.1, -0.05) is 24.3 Å². The van der Waals surface area contributed by atoms with Crippen molar-refractivity contribution in [3.8, 4) is 11.5 Å². The van der Waals surface area contributed by atoms with E-state index >= 15 is 0 Å². The summed E-state index contributed by atoms with van der Waals surface area (Å²) < 4.78 is 36.9. The van der Waals surface area contributed by atoms with Gasteiger partial charge in [-0.3, -0.25) is 9.59 Å². The first-order valence-corrected chi connectivity index (χ1v) is 13.6. The van der Waals surface area contributed by atoms with Gasteiger partial charge in [0.2, 0.25) is 0 Å². The number of carbonyl (C=O) groups is 2. The Balaban J connectivity index is 0.000000421. The molecule has 0 aromatic heterocycles. The van der Waals surface area contributed by atoms with Crippen molar-refractivity contribution in [2.24, 2.45) is 10.2 Å². The molecule has 0 atom stereocenters. The maximum absolute atomic E-state index is 12.7. The minimum atomic E-state index is -0.376. The Labute approximate surface area is 268 Å². The molecule has 0 saturated carbocycles. The third-order valence-electron chi connectivity index (χ3n) is 5.34. The Morgan fingerprint density at radius 2 is 0.977 bits per heavy atom. The zero-order valence-corrected chi connectivity index (χ0v) is 26.4.